The lowest BCUT2D eigenvalue weighted by Gasteiger charge is -2.17. The molecule has 1 amide bonds. The Morgan fingerprint density at radius 2 is 1.82 bits per heavy atom. The number of rotatable bonds is 6. The fraction of sp³-hybridized carbons (Fsp3) is 0.222. The largest absolute Gasteiger partial charge is 0.305 e. The van der Waals surface area contributed by atoms with Gasteiger partial charge in [0.25, 0.3) is 5.91 Å². The van der Waals surface area contributed by atoms with E-state index in [1.807, 2.05) is 61.5 Å². The third-order valence-electron chi connectivity index (χ3n) is 3.57. The highest BCUT2D eigenvalue weighted by Crippen LogP contribution is 2.26. The van der Waals surface area contributed by atoms with E-state index < -0.39 is 11.8 Å². The van der Waals surface area contributed by atoms with Gasteiger partial charge < -0.3 is 5.41 Å². The van der Waals surface area contributed by atoms with Gasteiger partial charge >= 0.3 is 0 Å². The molecule has 0 saturated heterocycles. The van der Waals surface area contributed by atoms with Crippen LogP contribution in [0, 0.1) is 5.41 Å². The second kappa shape index (κ2) is 7.52. The first-order valence-electron chi connectivity index (χ1n) is 7.34. The number of hydroxylamine groups is 1. The van der Waals surface area contributed by atoms with Crippen molar-refractivity contribution >= 4 is 11.6 Å². The Balaban J connectivity index is 2.42. The van der Waals surface area contributed by atoms with E-state index in [1.54, 1.807) is 5.48 Å². The van der Waals surface area contributed by atoms with Gasteiger partial charge in [-0.05, 0) is 29.2 Å². The summed E-state index contributed by atoms with van der Waals surface area (Å²) in [6, 6.07) is 16.7. The third-order valence-corrected chi connectivity index (χ3v) is 3.57. The molecule has 0 bridgehead atoms. The minimum absolute atomic E-state index is 0.481. The van der Waals surface area contributed by atoms with Gasteiger partial charge in [-0.1, -0.05) is 61.9 Å². The Labute approximate surface area is 130 Å². The summed E-state index contributed by atoms with van der Waals surface area (Å²) in [4.78, 5) is 12.1. The number of hydrogen-bond donors (Lipinski definition) is 3. The molecule has 0 fully saturated rings. The quantitative estimate of drug-likeness (QED) is 0.434. The maximum atomic E-state index is 12.1. The second-order valence-electron chi connectivity index (χ2n) is 5.17. The fourth-order valence-electron chi connectivity index (χ4n) is 2.51. The third kappa shape index (κ3) is 3.59. The van der Waals surface area contributed by atoms with E-state index in [9.17, 15) is 4.79 Å². The van der Waals surface area contributed by atoms with Gasteiger partial charge in [-0.3, -0.25) is 10.0 Å². The molecule has 1 unspecified atom stereocenters. The van der Waals surface area contributed by atoms with Crippen LogP contribution in [-0.2, 0) is 4.79 Å². The average Bonchev–Trinajstić information content (AvgIpc) is 2.56. The van der Waals surface area contributed by atoms with E-state index in [4.69, 9.17) is 10.6 Å². The first-order chi connectivity index (χ1) is 10.7. The van der Waals surface area contributed by atoms with Gasteiger partial charge in [0, 0.05) is 5.71 Å². The van der Waals surface area contributed by atoms with Gasteiger partial charge in [0.15, 0.2) is 0 Å². The van der Waals surface area contributed by atoms with Gasteiger partial charge in [-0.25, -0.2) is 5.48 Å². The predicted octanol–water partition coefficient (Wildman–Crippen LogP) is 3.49. The van der Waals surface area contributed by atoms with Gasteiger partial charge in [0.2, 0.25) is 0 Å². The highest BCUT2D eigenvalue weighted by molar-refractivity contribution is 5.98. The molecule has 0 saturated carbocycles. The molecule has 22 heavy (non-hydrogen) atoms. The molecule has 114 valence electrons. The molecule has 0 aliphatic rings. The normalized spacial score (nSPS) is 11.7. The summed E-state index contributed by atoms with van der Waals surface area (Å²) >= 11 is 0. The van der Waals surface area contributed by atoms with Crippen molar-refractivity contribution in [3.63, 3.8) is 0 Å². The predicted molar refractivity (Wildman–Crippen MR) is 86.4 cm³/mol. The Morgan fingerprint density at radius 3 is 2.45 bits per heavy atom. The van der Waals surface area contributed by atoms with Crippen molar-refractivity contribution in [3.05, 3.63) is 71.3 Å². The Hall–Kier alpha value is -2.46. The van der Waals surface area contributed by atoms with E-state index in [-0.39, 0.29) is 0 Å². The molecule has 0 aliphatic heterocycles. The van der Waals surface area contributed by atoms with Crippen molar-refractivity contribution in [2.45, 2.75) is 25.7 Å². The number of amides is 1. The zero-order chi connectivity index (χ0) is 15.9. The van der Waals surface area contributed by atoms with E-state index in [1.165, 1.54) is 0 Å². The standard InChI is InChI=1S/C18H20N2O2/c1-2-7-16(19)14-10-6-11-15(12-14)17(18(21)20-22)13-8-4-3-5-9-13/h3-6,8-12,17,19,22H,2,7H2,1H3,(H,20,21). The fourth-order valence-corrected chi connectivity index (χ4v) is 2.51. The van der Waals surface area contributed by atoms with Crippen LogP contribution in [0.4, 0.5) is 0 Å². The molecule has 3 N–H and O–H groups in total. The van der Waals surface area contributed by atoms with Crippen LogP contribution in [0.3, 0.4) is 0 Å². The summed E-state index contributed by atoms with van der Waals surface area (Å²) in [5, 5.41) is 17.1. The summed E-state index contributed by atoms with van der Waals surface area (Å²) in [6.07, 6.45) is 1.61. The van der Waals surface area contributed by atoms with Crippen LogP contribution >= 0.6 is 0 Å². The number of hydrogen-bond acceptors (Lipinski definition) is 3. The lowest BCUT2D eigenvalue weighted by molar-refractivity contribution is -0.129. The summed E-state index contributed by atoms with van der Waals surface area (Å²) < 4.78 is 0. The van der Waals surface area contributed by atoms with Crippen LogP contribution < -0.4 is 5.48 Å². The van der Waals surface area contributed by atoms with Crippen molar-refractivity contribution in [1.29, 1.82) is 5.41 Å². The highest BCUT2D eigenvalue weighted by atomic mass is 16.5. The minimum Gasteiger partial charge on any atom is -0.305 e. The molecular formula is C18H20N2O2. The summed E-state index contributed by atoms with van der Waals surface area (Å²) in [5.41, 5.74) is 4.67. The molecule has 2 aromatic carbocycles. The molecule has 0 aromatic heterocycles. The molecule has 4 nitrogen and oxygen atoms in total. The van der Waals surface area contributed by atoms with Crippen LogP contribution in [0.5, 0.6) is 0 Å². The molecule has 0 heterocycles. The monoisotopic (exact) mass is 296 g/mol. The number of nitrogens with one attached hydrogen (secondary N) is 2. The lowest BCUT2D eigenvalue weighted by Crippen LogP contribution is -2.27. The van der Waals surface area contributed by atoms with Crippen LogP contribution in [0.1, 0.15) is 42.4 Å². The topological polar surface area (TPSA) is 73.2 Å². The molecule has 2 rings (SSSR count). The van der Waals surface area contributed by atoms with Crippen LogP contribution in [0.2, 0.25) is 0 Å². The maximum absolute atomic E-state index is 12.1. The van der Waals surface area contributed by atoms with E-state index in [2.05, 4.69) is 0 Å². The number of carbonyl (C=O) groups excluding carboxylic acids is 1. The van der Waals surface area contributed by atoms with E-state index in [0.717, 1.165) is 23.1 Å². The molecular weight excluding hydrogens is 276 g/mol. The highest BCUT2D eigenvalue weighted by Gasteiger charge is 2.22. The molecule has 0 radical (unpaired) electrons. The molecule has 1 atom stereocenters. The van der Waals surface area contributed by atoms with E-state index in [0.29, 0.717) is 12.1 Å². The smallest absolute Gasteiger partial charge is 0.255 e. The van der Waals surface area contributed by atoms with E-state index >= 15 is 0 Å². The zero-order valence-electron chi connectivity index (χ0n) is 12.5. The minimum atomic E-state index is -0.597. The SMILES string of the molecule is CCCC(=N)c1cccc(C(C(=O)NO)c2ccccc2)c1. The first kappa shape index (κ1) is 15.9. The second-order valence-corrected chi connectivity index (χ2v) is 5.17. The molecule has 4 heteroatoms. The van der Waals surface area contributed by atoms with Crippen LogP contribution in [0.15, 0.2) is 54.6 Å². The molecule has 0 aliphatic carbocycles. The van der Waals surface area contributed by atoms with Gasteiger partial charge in [-0.2, -0.15) is 0 Å². The summed E-state index contributed by atoms with van der Waals surface area (Å²) in [7, 11) is 0. The summed E-state index contributed by atoms with van der Waals surface area (Å²) in [5.74, 6) is -1.08. The van der Waals surface area contributed by atoms with Gasteiger partial charge in [0.1, 0.15) is 0 Å². The van der Waals surface area contributed by atoms with Gasteiger partial charge in [-0.15, -0.1) is 0 Å². The van der Waals surface area contributed by atoms with Crippen molar-refractivity contribution < 1.29 is 10.0 Å². The first-order valence-corrected chi connectivity index (χ1v) is 7.34. The number of carbonyl (C=O) groups is 1. The van der Waals surface area contributed by atoms with Crippen molar-refractivity contribution in [1.82, 2.24) is 5.48 Å². The van der Waals surface area contributed by atoms with Crippen LogP contribution in [-0.4, -0.2) is 16.8 Å². The average molecular weight is 296 g/mol. The van der Waals surface area contributed by atoms with Gasteiger partial charge in [0.05, 0.1) is 5.92 Å². The molecule has 2 aromatic rings. The lowest BCUT2D eigenvalue weighted by atomic mass is 9.89. The Bertz CT molecular complexity index is 653. The zero-order valence-corrected chi connectivity index (χ0v) is 12.5. The van der Waals surface area contributed by atoms with Crippen molar-refractivity contribution in [3.8, 4) is 0 Å². The van der Waals surface area contributed by atoms with Crippen molar-refractivity contribution in [2.75, 3.05) is 0 Å². The number of benzene rings is 2. The van der Waals surface area contributed by atoms with Crippen molar-refractivity contribution in [2.24, 2.45) is 0 Å². The Morgan fingerprint density at radius 1 is 1.14 bits per heavy atom. The Kier molecular flexibility index (Phi) is 5.44. The van der Waals surface area contributed by atoms with Crippen LogP contribution in [0.25, 0.3) is 0 Å². The summed E-state index contributed by atoms with van der Waals surface area (Å²) in [6.45, 7) is 2.03. The molecule has 0 spiro atoms. The maximum Gasteiger partial charge on any atom is 0.255 e.